The Hall–Kier alpha value is -2.34. The zero-order chi connectivity index (χ0) is 11.7. The van der Waals surface area contributed by atoms with Gasteiger partial charge in [0.15, 0.2) is 11.3 Å². The number of phenols is 1. The lowest BCUT2D eigenvalue weighted by Crippen LogP contribution is -2.33. The number of benzene rings is 1. The van der Waals surface area contributed by atoms with Crippen molar-refractivity contribution in [2.45, 2.75) is 0 Å². The normalized spacial score (nSPS) is 10.3. The van der Waals surface area contributed by atoms with Crippen LogP contribution in [0.25, 0.3) is 11.0 Å². The Balaban J connectivity index is 2.78. The molecule has 2 aromatic rings. The van der Waals surface area contributed by atoms with Crippen LogP contribution in [-0.4, -0.2) is 11.0 Å². The fourth-order valence-electron chi connectivity index (χ4n) is 1.37. The van der Waals surface area contributed by atoms with Crippen molar-refractivity contribution in [3.63, 3.8) is 0 Å². The summed E-state index contributed by atoms with van der Waals surface area (Å²) in [7, 11) is 0. The van der Waals surface area contributed by atoms with Crippen molar-refractivity contribution >= 4 is 16.9 Å². The molecule has 0 bridgehead atoms. The lowest BCUT2D eigenvalue weighted by Gasteiger charge is -2.01. The standard InChI is InChI=1S/C10H8N2O4/c11-12-9(14)6-4-5-2-1-3-7(13)8(5)16-10(6)15/h1-4,13H,11H2,(H,12,14). The summed E-state index contributed by atoms with van der Waals surface area (Å²) < 4.78 is 4.82. The van der Waals surface area contributed by atoms with Crippen LogP contribution in [0.1, 0.15) is 10.4 Å². The number of hydrogen-bond acceptors (Lipinski definition) is 5. The first kappa shape index (κ1) is 10.2. The number of rotatable bonds is 1. The van der Waals surface area contributed by atoms with E-state index in [2.05, 4.69) is 0 Å². The van der Waals surface area contributed by atoms with Gasteiger partial charge in [0, 0.05) is 5.39 Å². The molecule has 1 heterocycles. The van der Waals surface area contributed by atoms with E-state index in [0.717, 1.165) is 0 Å². The molecular weight excluding hydrogens is 212 g/mol. The summed E-state index contributed by atoms with van der Waals surface area (Å²) in [5.41, 5.74) is 0.825. The minimum atomic E-state index is -0.850. The second kappa shape index (κ2) is 3.67. The molecule has 0 fully saturated rings. The maximum absolute atomic E-state index is 11.4. The number of aromatic hydroxyl groups is 1. The van der Waals surface area contributed by atoms with Crippen molar-refractivity contribution in [2.24, 2.45) is 5.84 Å². The Bertz CT molecular complexity index is 618. The highest BCUT2D eigenvalue weighted by molar-refractivity contribution is 5.96. The number of nitrogens with two attached hydrogens (primary N) is 1. The van der Waals surface area contributed by atoms with Crippen molar-refractivity contribution in [2.75, 3.05) is 0 Å². The van der Waals surface area contributed by atoms with Gasteiger partial charge in [-0.3, -0.25) is 10.2 Å². The molecule has 2 rings (SSSR count). The maximum atomic E-state index is 11.4. The fraction of sp³-hybridized carbons (Fsp3) is 0. The first-order valence-electron chi connectivity index (χ1n) is 4.40. The van der Waals surface area contributed by atoms with Gasteiger partial charge < -0.3 is 9.52 Å². The molecule has 6 nitrogen and oxygen atoms in total. The minimum absolute atomic E-state index is 0.0427. The van der Waals surface area contributed by atoms with E-state index in [1.165, 1.54) is 12.1 Å². The van der Waals surface area contributed by atoms with E-state index < -0.39 is 11.5 Å². The van der Waals surface area contributed by atoms with Gasteiger partial charge in [-0.1, -0.05) is 12.1 Å². The molecule has 4 N–H and O–H groups in total. The van der Waals surface area contributed by atoms with Gasteiger partial charge in [0.25, 0.3) is 5.91 Å². The van der Waals surface area contributed by atoms with Crippen LogP contribution in [0.2, 0.25) is 0 Å². The molecule has 1 amide bonds. The third-order valence-corrected chi connectivity index (χ3v) is 2.11. The first-order valence-corrected chi connectivity index (χ1v) is 4.40. The van der Waals surface area contributed by atoms with Crippen molar-refractivity contribution in [1.29, 1.82) is 0 Å². The predicted octanol–water partition coefficient (Wildman–Crippen LogP) is 0.102. The van der Waals surface area contributed by atoms with Gasteiger partial charge in [0.05, 0.1) is 0 Å². The second-order valence-corrected chi connectivity index (χ2v) is 3.12. The van der Waals surface area contributed by atoms with Crippen LogP contribution in [0.5, 0.6) is 5.75 Å². The van der Waals surface area contributed by atoms with Crippen molar-refractivity contribution in [3.8, 4) is 5.75 Å². The number of phenolic OH excluding ortho intramolecular Hbond substituents is 1. The van der Waals surface area contributed by atoms with Crippen molar-refractivity contribution < 1.29 is 14.3 Å². The average Bonchev–Trinajstić information content (AvgIpc) is 2.29. The molecular formula is C10H8N2O4. The van der Waals surface area contributed by atoms with Crippen molar-refractivity contribution in [3.05, 3.63) is 40.2 Å². The summed E-state index contributed by atoms with van der Waals surface area (Å²) in [6.45, 7) is 0. The van der Waals surface area contributed by atoms with Gasteiger partial charge in [-0.25, -0.2) is 10.6 Å². The lowest BCUT2D eigenvalue weighted by atomic mass is 10.1. The van der Waals surface area contributed by atoms with Crippen LogP contribution in [0.4, 0.5) is 0 Å². The quantitative estimate of drug-likeness (QED) is 0.273. The molecule has 0 unspecified atom stereocenters. The number of amides is 1. The van der Waals surface area contributed by atoms with E-state index in [0.29, 0.717) is 5.39 Å². The molecule has 0 radical (unpaired) electrons. The Morgan fingerprint density at radius 1 is 1.44 bits per heavy atom. The van der Waals surface area contributed by atoms with Gasteiger partial charge in [-0.15, -0.1) is 0 Å². The summed E-state index contributed by atoms with van der Waals surface area (Å²) in [6, 6.07) is 5.87. The van der Waals surface area contributed by atoms with Crippen LogP contribution in [-0.2, 0) is 0 Å². The van der Waals surface area contributed by atoms with Crippen LogP contribution in [0.15, 0.2) is 33.5 Å². The molecule has 6 heteroatoms. The Kier molecular flexibility index (Phi) is 2.34. The fourth-order valence-corrected chi connectivity index (χ4v) is 1.37. The smallest absolute Gasteiger partial charge is 0.349 e. The number of hydrogen-bond donors (Lipinski definition) is 3. The van der Waals surface area contributed by atoms with Gasteiger partial charge >= 0.3 is 5.63 Å². The molecule has 0 saturated carbocycles. The number of carbonyl (C=O) groups is 1. The topological polar surface area (TPSA) is 106 Å². The summed E-state index contributed by atoms with van der Waals surface area (Å²) in [4.78, 5) is 22.6. The number of para-hydroxylation sites is 1. The van der Waals surface area contributed by atoms with E-state index >= 15 is 0 Å². The van der Waals surface area contributed by atoms with E-state index in [1.807, 2.05) is 5.43 Å². The number of hydrazine groups is 1. The van der Waals surface area contributed by atoms with E-state index in [4.69, 9.17) is 10.3 Å². The maximum Gasteiger partial charge on any atom is 0.349 e. The molecule has 0 aliphatic heterocycles. The highest BCUT2D eigenvalue weighted by Crippen LogP contribution is 2.22. The molecule has 0 atom stereocenters. The zero-order valence-corrected chi connectivity index (χ0v) is 8.06. The minimum Gasteiger partial charge on any atom is -0.504 e. The molecule has 1 aromatic heterocycles. The monoisotopic (exact) mass is 220 g/mol. The highest BCUT2D eigenvalue weighted by atomic mass is 16.4. The molecule has 0 spiro atoms. The summed E-state index contributed by atoms with van der Waals surface area (Å²) in [6.07, 6.45) is 0. The predicted molar refractivity (Wildman–Crippen MR) is 55.8 cm³/mol. The molecule has 0 aliphatic carbocycles. The SMILES string of the molecule is NNC(=O)c1cc2cccc(O)c2oc1=O. The van der Waals surface area contributed by atoms with Gasteiger partial charge in [-0.05, 0) is 12.1 Å². The summed E-state index contributed by atoms with van der Waals surface area (Å²) in [5, 5.41) is 9.87. The summed E-state index contributed by atoms with van der Waals surface area (Å²) >= 11 is 0. The lowest BCUT2D eigenvalue weighted by molar-refractivity contribution is 0.0950. The molecule has 0 saturated heterocycles. The zero-order valence-electron chi connectivity index (χ0n) is 8.06. The van der Waals surface area contributed by atoms with Gasteiger partial charge in [0.1, 0.15) is 5.56 Å². The van der Waals surface area contributed by atoms with E-state index in [-0.39, 0.29) is 16.9 Å². The average molecular weight is 220 g/mol. The third kappa shape index (κ3) is 1.51. The first-order chi connectivity index (χ1) is 7.63. The highest BCUT2D eigenvalue weighted by Gasteiger charge is 2.13. The molecule has 16 heavy (non-hydrogen) atoms. The van der Waals surface area contributed by atoms with Crippen LogP contribution < -0.4 is 16.9 Å². The van der Waals surface area contributed by atoms with E-state index in [1.54, 1.807) is 12.1 Å². The number of nitrogens with one attached hydrogen (secondary N) is 1. The van der Waals surface area contributed by atoms with Crippen LogP contribution in [0, 0.1) is 0 Å². The molecule has 82 valence electrons. The van der Waals surface area contributed by atoms with Crippen LogP contribution >= 0.6 is 0 Å². The summed E-state index contributed by atoms with van der Waals surface area (Å²) in [5.74, 6) is 4.02. The van der Waals surface area contributed by atoms with Crippen molar-refractivity contribution in [1.82, 2.24) is 5.43 Å². The van der Waals surface area contributed by atoms with E-state index in [9.17, 15) is 14.7 Å². The molecule has 1 aromatic carbocycles. The largest absolute Gasteiger partial charge is 0.504 e. The number of nitrogen functional groups attached to an aromatic ring is 1. The number of carbonyl (C=O) groups excluding carboxylic acids is 1. The second-order valence-electron chi connectivity index (χ2n) is 3.12. The Morgan fingerprint density at radius 2 is 2.19 bits per heavy atom. The Morgan fingerprint density at radius 3 is 2.88 bits per heavy atom. The number of fused-ring (bicyclic) bond motifs is 1. The Labute approximate surface area is 89.3 Å². The molecule has 0 aliphatic rings. The van der Waals surface area contributed by atoms with Gasteiger partial charge in [0.2, 0.25) is 0 Å². The van der Waals surface area contributed by atoms with Crippen LogP contribution in [0.3, 0.4) is 0 Å². The van der Waals surface area contributed by atoms with Gasteiger partial charge in [-0.2, -0.15) is 0 Å². The third-order valence-electron chi connectivity index (χ3n) is 2.11.